The Balaban J connectivity index is 1.95. The van der Waals surface area contributed by atoms with Crippen LogP contribution in [-0.2, 0) is 4.74 Å². The fraction of sp³-hybridized carbons (Fsp3) is 0.833. The van der Waals surface area contributed by atoms with Gasteiger partial charge in [-0.3, -0.25) is 0 Å². The molecule has 4 nitrogen and oxygen atoms in total. The average Bonchev–Trinajstić information content (AvgIpc) is 2.14. The van der Waals surface area contributed by atoms with Crippen molar-refractivity contribution in [1.29, 1.82) is 5.26 Å². The van der Waals surface area contributed by atoms with E-state index in [2.05, 4.69) is 6.07 Å². The number of piperidine rings is 1. The molecular weight excluding hydrogens is 204 g/mol. The van der Waals surface area contributed by atoms with Crippen molar-refractivity contribution >= 4 is 6.09 Å². The molecule has 2 saturated heterocycles. The Bertz CT molecular complexity index is 328. The molecule has 2 bridgehead atoms. The predicted molar refractivity (Wildman–Crippen MR) is 58.6 cm³/mol. The third-order valence-corrected chi connectivity index (χ3v) is 3.23. The maximum atomic E-state index is 11.9. The molecule has 0 N–H and O–H groups in total. The zero-order chi connectivity index (χ0) is 11.9. The quantitative estimate of drug-likeness (QED) is 0.632. The topological polar surface area (TPSA) is 53.3 Å². The van der Waals surface area contributed by atoms with Crippen molar-refractivity contribution in [2.24, 2.45) is 5.92 Å². The monoisotopic (exact) mass is 222 g/mol. The molecule has 3 fully saturated rings. The summed E-state index contributed by atoms with van der Waals surface area (Å²) in [7, 11) is 0. The van der Waals surface area contributed by atoms with E-state index in [1.165, 1.54) is 0 Å². The van der Waals surface area contributed by atoms with Crippen LogP contribution in [0.4, 0.5) is 4.79 Å². The lowest BCUT2D eigenvalue weighted by Crippen LogP contribution is -2.63. The van der Waals surface area contributed by atoms with Gasteiger partial charge in [-0.2, -0.15) is 5.26 Å². The van der Waals surface area contributed by atoms with E-state index in [1.807, 2.05) is 25.7 Å². The molecule has 2 heterocycles. The second-order valence-corrected chi connectivity index (χ2v) is 5.73. The van der Waals surface area contributed by atoms with Crippen molar-refractivity contribution in [3.63, 3.8) is 0 Å². The number of amides is 1. The predicted octanol–water partition coefficient (Wildman–Crippen LogP) is 2.30. The number of hydrogen-bond acceptors (Lipinski definition) is 3. The van der Waals surface area contributed by atoms with Crippen LogP contribution in [0.15, 0.2) is 0 Å². The molecule has 0 aromatic carbocycles. The molecule has 16 heavy (non-hydrogen) atoms. The number of carbonyl (C=O) groups is 1. The summed E-state index contributed by atoms with van der Waals surface area (Å²) in [6.07, 6.45) is 2.45. The summed E-state index contributed by atoms with van der Waals surface area (Å²) < 4.78 is 5.35. The Morgan fingerprint density at radius 3 is 2.31 bits per heavy atom. The number of nitrogens with zero attached hydrogens (tertiary/aromatic N) is 2. The lowest BCUT2D eigenvalue weighted by molar-refractivity contribution is -0.0591. The van der Waals surface area contributed by atoms with Crippen molar-refractivity contribution in [3.8, 4) is 6.07 Å². The van der Waals surface area contributed by atoms with Crippen LogP contribution < -0.4 is 0 Å². The van der Waals surface area contributed by atoms with E-state index in [-0.39, 0.29) is 24.1 Å². The lowest BCUT2D eigenvalue weighted by atomic mass is 9.74. The summed E-state index contributed by atoms with van der Waals surface area (Å²) in [5, 5.41) is 8.86. The molecular formula is C12H18N2O2. The second kappa shape index (κ2) is 3.65. The van der Waals surface area contributed by atoms with Crippen LogP contribution >= 0.6 is 0 Å². The number of hydrogen-bond donors (Lipinski definition) is 0. The van der Waals surface area contributed by atoms with Crippen LogP contribution in [0.3, 0.4) is 0 Å². The van der Waals surface area contributed by atoms with Crippen LogP contribution in [0.5, 0.6) is 0 Å². The van der Waals surface area contributed by atoms with Gasteiger partial charge in [-0.1, -0.05) is 0 Å². The van der Waals surface area contributed by atoms with E-state index < -0.39 is 5.60 Å². The molecule has 1 aliphatic carbocycles. The van der Waals surface area contributed by atoms with Gasteiger partial charge in [0.05, 0.1) is 12.0 Å². The summed E-state index contributed by atoms with van der Waals surface area (Å²) in [4.78, 5) is 13.7. The Morgan fingerprint density at radius 1 is 1.31 bits per heavy atom. The van der Waals surface area contributed by atoms with E-state index in [9.17, 15) is 4.79 Å². The minimum absolute atomic E-state index is 0.127. The van der Waals surface area contributed by atoms with Crippen LogP contribution in [0.25, 0.3) is 0 Å². The molecule has 1 amide bonds. The first-order chi connectivity index (χ1) is 7.40. The fourth-order valence-corrected chi connectivity index (χ4v) is 2.59. The standard InChI is InChI=1S/C12H18N2O2/c1-12(2,3)16-11(15)14-9-4-8(7-13)5-10(14)6-9/h8-10H,4-6H2,1-3H3/t8?,9-,10+. The Hall–Kier alpha value is -1.24. The molecule has 88 valence electrons. The van der Waals surface area contributed by atoms with Crippen molar-refractivity contribution in [2.45, 2.75) is 57.7 Å². The van der Waals surface area contributed by atoms with E-state index in [0.29, 0.717) is 0 Å². The first-order valence-corrected chi connectivity index (χ1v) is 5.81. The molecule has 0 spiro atoms. The summed E-state index contributed by atoms with van der Waals surface area (Å²) in [6, 6.07) is 2.76. The fourth-order valence-electron chi connectivity index (χ4n) is 2.59. The number of carbonyl (C=O) groups excluding carboxylic acids is 1. The molecule has 3 atom stereocenters. The molecule has 1 saturated carbocycles. The van der Waals surface area contributed by atoms with Crippen molar-refractivity contribution in [2.75, 3.05) is 0 Å². The first-order valence-electron chi connectivity index (χ1n) is 5.81. The summed E-state index contributed by atoms with van der Waals surface area (Å²) in [6.45, 7) is 5.62. The minimum Gasteiger partial charge on any atom is -0.444 e. The number of nitriles is 1. The zero-order valence-corrected chi connectivity index (χ0v) is 10.1. The summed E-state index contributed by atoms with van der Waals surface area (Å²) in [5.41, 5.74) is -0.435. The smallest absolute Gasteiger partial charge is 0.410 e. The van der Waals surface area contributed by atoms with E-state index in [4.69, 9.17) is 10.00 Å². The van der Waals surface area contributed by atoms with Gasteiger partial charge in [0.15, 0.2) is 0 Å². The van der Waals surface area contributed by atoms with Gasteiger partial charge >= 0.3 is 6.09 Å². The average molecular weight is 222 g/mol. The molecule has 0 radical (unpaired) electrons. The van der Waals surface area contributed by atoms with Gasteiger partial charge in [-0.15, -0.1) is 0 Å². The lowest BCUT2D eigenvalue weighted by Gasteiger charge is -2.53. The molecule has 0 aromatic rings. The van der Waals surface area contributed by atoms with Crippen LogP contribution in [-0.4, -0.2) is 28.7 Å². The third-order valence-electron chi connectivity index (χ3n) is 3.23. The van der Waals surface area contributed by atoms with Gasteiger partial charge in [-0.25, -0.2) is 4.79 Å². The van der Waals surface area contributed by atoms with E-state index >= 15 is 0 Å². The van der Waals surface area contributed by atoms with Gasteiger partial charge in [0.2, 0.25) is 0 Å². The Labute approximate surface area is 96.2 Å². The van der Waals surface area contributed by atoms with Crippen LogP contribution in [0, 0.1) is 17.2 Å². The number of ether oxygens (including phenoxy) is 1. The van der Waals surface area contributed by atoms with Gasteiger partial charge in [-0.05, 0) is 40.0 Å². The molecule has 4 heteroatoms. The maximum absolute atomic E-state index is 11.9. The van der Waals surface area contributed by atoms with E-state index in [0.717, 1.165) is 19.3 Å². The number of fused-ring (bicyclic) bond motifs is 2. The molecule has 0 aromatic heterocycles. The zero-order valence-electron chi connectivity index (χ0n) is 10.1. The van der Waals surface area contributed by atoms with Gasteiger partial charge in [0, 0.05) is 12.1 Å². The first kappa shape index (κ1) is 11.3. The molecule has 3 rings (SSSR count). The van der Waals surface area contributed by atoms with E-state index in [1.54, 1.807) is 0 Å². The Kier molecular flexibility index (Phi) is 2.57. The second-order valence-electron chi connectivity index (χ2n) is 5.73. The van der Waals surface area contributed by atoms with Gasteiger partial charge in [0.25, 0.3) is 0 Å². The van der Waals surface area contributed by atoms with Crippen molar-refractivity contribution < 1.29 is 9.53 Å². The van der Waals surface area contributed by atoms with Crippen LogP contribution in [0.2, 0.25) is 0 Å². The van der Waals surface area contributed by atoms with Crippen molar-refractivity contribution in [3.05, 3.63) is 0 Å². The third kappa shape index (κ3) is 1.99. The Morgan fingerprint density at radius 2 is 1.88 bits per heavy atom. The summed E-state index contributed by atoms with van der Waals surface area (Å²) in [5.74, 6) is 0.127. The highest BCUT2D eigenvalue weighted by molar-refractivity contribution is 5.70. The van der Waals surface area contributed by atoms with Gasteiger partial charge < -0.3 is 9.64 Å². The minimum atomic E-state index is -0.435. The normalized spacial score (nSPS) is 32.6. The highest BCUT2D eigenvalue weighted by Gasteiger charge is 2.49. The van der Waals surface area contributed by atoms with Crippen LogP contribution in [0.1, 0.15) is 40.0 Å². The molecule has 2 aliphatic heterocycles. The van der Waals surface area contributed by atoms with Gasteiger partial charge in [0.1, 0.15) is 5.60 Å². The number of rotatable bonds is 0. The maximum Gasteiger partial charge on any atom is 0.410 e. The summed E-state index contributed by atoms with van der Waals surface area (Å²) >= 11 is 0. The largest absolute Gasteiger partial charge is 0.444 e. The highest BCUT2D eigenvalue weighted by Crippen LogP contribution is 2.41. The molecule has 1 unspecified atom stereocenters. The SMILES string of the molecule is CC(C)(C)OC(=O)N1[C@@H]2CC(C#N)C[C@H]1C2. The highest BCUT2D eigenvalue weighted by atomic mass is 16.6. The molecule has 3 aliphatic rings. The van der Waals surface area contributed by atoms with Crippen molar-refractivity contribution in [1.82, 2.24) is 4.90 Å².